The number of hydrogen-bond donors (Lipinski definition) is 1. The summed E-state index contributed by atoms with van der Waals surface area (Å²) in [6.07, 6.45) is 3.07. The van der Waals surface area contributed by atoms with Gasteiger partial charge in [0.15, 0.2) is 0 Å². The van der Waals surface area contributed by atoms with E-state index in [2.05, 4.69) is 47.4 Å². The third kappa shape index (κ3) is 0.951. The van der Waals surface area contributed by atoms with E-state index in [-0.39, 0.29) is 0 Å². The third-order valence-corrected chi connectivity index (χ3v) is 3.46. The summed E-state index contributed by atoms with van der Waals surface area (Å²) in [6, 6.07) is 15.4. The number of aromatic nitrogens is 1. The lowest BCUT2D eigenvalue weighted by atomic mass is 10.0. The fraction of sp³-hybridized carbons (Fsp3) is 0.0667. The van der Waals surface area contributed by atoms with Crippen molar-refractivity contribution in [2.24, 2.45) is 0 Å². The van der Waals surface area contributed by atoms with Gasteiger partial charge < -0.3 is 4.98 Å². The van der Waals surface area contributed by atoms with E-state index in [1.807, 2.05) is 6.20 Å². The lowest BCUT2D eigenvalue weighted by molar-refractivity contribution is 1.15. The van der Waals surface area contributed by atoms with E-state index in [9.17, 15) is 0 Å². The molecule has 0 aliphatic heterocycles. The van der Waals surface area contributed by atoms with Crippen molar-refractivity contribution in [2.75, 3.05) is 0 Å². The van der Waals surface area contributed by atoms with Crippen molar-refractivity contribution in [2.45, 2.75) is 6.42 Å². The number of benzene rings is 2. The predicted molar refractivity (Wildman–Crippen MR) is 66.5 cm³/mol. The first kappa shape index (κ1) is 8.17. The van der Waals surface area contributed by atoms with Crippen LogP contribution in [0.4, 0.5) is 0 Å². The summed E-state index contributed by atoms with van der Waals surface area (Å²) >= 11 is 0. The molecule has 1 aliphatic carbocycles. The Hall–Kier alpha value is -2.02. The van der Waals surface area contributed by atoms with E-state index in [1.165, 1.54) is 33.2 Å². The SMILES string of the molecule is c1ccc2cc3c(cc2c1)Cc1[nH]ccc1-3. The fourth-order valence-corrected chi connectivity index (χ4v) is 2.68. The van der Waals surface area contributed by atoms with E-state index in [0.717, 1.165) is 6.42 Å². The Bertz CT molecular complexity index is 691. The Balaban J connectivity index is 2.10. The summed E-state index contributed by atoms with van der Waals surface area (Å²) < 4.78 is 0. The molecule has 1 aromatic heterocycles. The second-order valence-electron chi connectivity index (χ2n) is 4.40. The van der Waals surface area contributed by atoms with Gasteiger partial charge in [-0.15, -0.1) is 0 Å². The third-order valence-electron chi connectivity index (χ3n) is 3.46. The van der Waals surface area contributed by atoms with Crippen LogP contribution in [-0.2, 0) is 6.42 Å². The van der Waals surface area contributed by atoms with E-state index >= 15 is 0 Å². The smallest absolute Gasteiger partial charge is 0.0271 e. The summed E-state index contributed by atoms with van der Waals surface area (Å²) in [7, 11) is 0. The number of fused-ring (bicyclic) bond motifs is 4. The molecule has 1 aliphatic rings. The Kier molecular flexibility index (Phi) is 1.41. The molecule has 0 fully saturated rings. The molecule has 1 heterocycles. The average Bonchev–Trinajstić information content (AvgIpc) is 2.86. The molecule has 2 aromatic carbocycles. The first-order valence-corrected chi connectivity index (χ1v) is 5.60. The van der Waals surface area contributed by atoms with Crippen LogP contribution in [0.3, 0.4) is 0 Å². The number of rotatable bonds is 0. The van der Waals surface area contributed by atoms with Gasteiger partial charge in [-0.3, -0.25) is 0 Å². The largest absolute Gasteiger partial charge is 0.364 e. The molecule has 0 saturated heterocycles. The minimum Gasteiger partial charge on any atom is -0.364 e. The highest BCUT2D eigenvalue weighted by molar-refractivity contribution is 5.91. The quantitative estimate of drug-likeness (QED) is 0.450. The van der Waals surface area contributed by atoms with Crippen molar-refractivity contribution in [3.8, 4) is 11.1 Å². The van der Waals surface area contributed by atoms with Gasteiger partial charge in [-0.1, -0.05) is 30.3 Å². The molecule has 0 bridgehead atoms. The molecular formula is C15H11N. The summed E-state index contributed by atoms with van der Waals surface area (Å²) in [6.45, 7) is 0. The Morgan fingerprint density at radius 2 is 1.69 bits per heavy atom. The minimum atomic E-state index is 1.04. The average molecular weight is 205 g/mol. The number of nitrogens with one attached hydrogen (secondary N) is 1. The van der Waals surface area contributed by atoms with E-state index in [1.54, 1.807) is 0 Å². The van der Waals surface area contributed by atoms with Gasteiger partial charge in [0, 0.05) is 23.9 Å². The second-order valence-corrected chi connectivity index (χ2v) is 4.40. The Morgan fingerprint density at radius 3 is 2.56 bits per heavy atom. The molecule has 0 amide bonds. The molecule has 1 heteroatoms. The van der Waals surface area contributed by atoms with Crippen LogP contribution in [0.2, 0.25) is 0 Å². The molecule has 0 spiro atoms. The molecule has 0 unspecified atom stereocenters. The highest BCUT2D eigenvalue weighted by Crippen LogP contribution is 2.38. The molecule has 4 rings (SSSR count). The topological polar surface area (TPSA) is 15.8 Å². The molecule has 0 saturated carbocycles. The van der Waals surface area contributed by atoms with Crippen molar-refractivity contribution in [3.63, 3.8) is 0 Å². The molecular weight excluding hydrogens is 194 g/mol. The van der Waals surface area contributed by atoms with Gasteiger partial charge in [0.25, 0.3) is 0 Å². The summed E-state index contributed by atoms with van der Waals surface area (Å²) in [5.74, 6) is 0. The zero-order valence-electron chi connectivity index (χ0n) is 8.83. The zero-order chi connectivity index (χ0) is 10.5. The van der Waals surface area contributed by atoms with Gasteiger partial charge in [-0.2, -0.15) is 0 Å². The highest BCUT2D eigenvalue weighted by atomic mass is 14.7. The Morgan fingerprint density at radius 1 is 0.875 bits per heavy atom. The van der Waals surface area contributed by atoms with Crippen molar-refractivity contribution in [1.82, 2.24) is 4.98 Å². The van der Waals surface area contributed by atoms with E-state index < -0.39 is 0 Å². The van der Waals surface area contributed by atoms with Crippen LogP contribution >= 0.6 is 0 Å². The molecule has 0 radical (unpaired) electrons. The number of hydrogen-bond acceptors (Lipinski definition) is 0. The molecule has 1 N–H and O–H groups in total. The van der Waals surface area contributed by atoms with Crippen LogP contribution in [0.15, 0.2) is 48.7 Å². The maximum atomic E-state index is 3.32. The van der Waals surface area contributed by atoms with Gasteiger partial charge in [0.2, 0.25) is 0 Å². The maximum Gasteiger partial charge on any atom is 0.0271 e. The van der Waals surface area contributed by atoms with Crippen LogP contribution in [0.1, 0.15) is 11.3 Å². The normalized spacial score (nSPS) is 12.8. The van der Waals surface area contributed by atoms with Crippen LogP contribution < -0.4 is 0 Å². The fourth-order valence-electron chi connectivity index (χ4n) is 2.68. The van der Waals surface area contributed by atoms with Gasteiger partial charge in [-0.05, 0) is 34.0 Å². The first-order valence-electron chi connectivity index (χ1n) is 5.60. The van der Waals surface area contributed by atoms with Gasteiger partial charge in [0.1, 0.15) is 0 Å². The van der Waals surface area contributed by atoms with Crippen LogP contribution in [0.5, 0.6) is 0 Å². The van der Waals surface area contributed by atoms with Crippen LogP contribution in [-0.4, -0.2) is 4.98 Å². The Labute approximate surface area is 93.7 Å². The number of aromatic amines is 1. The lowest BCUT2D eigenvalue weighted by Gasteiger charge is -2.03. The predicted octanol–water partition coefficient (Wildman–Crippen LogP) is 3.74. The monoisotopic (exact) mass is 205 g/mol. The van der Waals surface area contributed by atoms with Gasteiger partial charge >= 0.3 is 0 Å². The van der Waals surface area contributed by atoms with Crippen LogP contribution in [0, 0.1) is 0 Å². The second kappa shape index (κ2) is 2.76. The van der Waals surface area contributed by atoms with Crippen LogP contribution in [0.25, 0.3) is 21.9 Å². The first-order chi connectivity index (χ1) is 7.92. The lowest BCUT2D eigenvalue weighted by Crippen LogP contribution is -1.82. The zero-order valence-corrected chi connectivity index (χ0v) is 8.83. The van der Waals surface area contributed by atoms with Crippen molar-refractivity contribution in [3.05, 3.63) is 59.9 Å². The summed E-state index contributed by atoms with van der Waals surface area (Å²) in [5.41, 5.74) is 5.57. The highest BCUT2D eigenvalue weighted by Gasteiger charge is 2.19. The summed E-state index contributed by atoms with van der Waals surface area (Å²) in [4.78, 5) is 3.32. The molecule has 1 nitrogen and oxygen atoms in total. The number of H-pyrrole nitrogens is 1. The van der Waals surface area contributed by atoms with Crippen molar-refractivity contribution in [1.29, 1.82) is 0 Å². The van der Waals surface area contributed by atoms with Crippen molar-refractivity contribution >= 4 is 10.8 Å². The van der Waals surface area contributed by atoms with Crippen molar-refractivity contribution < 1.29 is 0 Å². The van der Waals surface area contributed by atoms with E-state index in [0.29, 0.717) is 0 Å². The maximum absolute atomic E-state index is 3.32. The van der Waals surface area contributed by atoms with Gasteiger partial charge in [-0.25, -0.2) is 0 Å². The molecule has 3 aromatic rings. The minimum absolute atomic E-state index is 1.04. The molecule has 76 valence electrons. The van der Waals surface area contributed by atoms with Gasteiger partial charge in [0.05, 0.1) is 0 Å². The molecule has 16 heavy (non-hydrogen) atoms. The summed E-state index contributed by atoms with van der Waals surface area (Å²) in [5, 5.41) is 2.67. The molecule has 0 atom stereocenters. The standard InChI is InChI=1S/C15H11N/c1-2-4-11-8-14-12(7-10(11)3-1)9-15-13(14)5-6-16-15/h1-8,16H,9H2. The van der Waals surface area contributed by atoms with E-state index in [4.69, 9.17) is 0 Å².